The number of benzene rings is 3. The van der Waals surface area contributed by atoms with Crippen molar-refractivity contribution in [2.75, 3.05) is 32.3 Å². The standard InChI is InChI=1S/C26H26ClNO3S/c1-28(25(29)19-7-4-3-5-8-19)24-12-11-22(18-23(24)27)32-21-10-6-9-20(17-21)26(30-2)13-15-31-16-14-26/h3-12,17-18H,13-16H2,1-2H3. The van der Waals surface area contributed by atoms with Gasteiger partial charge in [0.2, 0.25) is 0 Å². The first-order valence-corrected chi connectivity index (χ1v) is 11.8. The molecule has 1 heterocycles. The van der Waals surface area contributed by atoms with Crippen LogP contribution in [0.15, 0.2) is 82.6 Å². The van der Waals surface area contributed by atoms with Gasteiger partial charge in [-0.2, -0.15) is 0 Å². The normalized spacial score (nSPS) is 15.3. The lowest BCUT2D eigenvalue weighted by atomic mass is 9.86. The zero-order valence-electron chi connectivity index (χ0n) is 18.2. The quantitative estimate of drug-likeness (QED) is 0.419. The van der Waals surface area contributed by atoms with Crippen molar-refractivity contribution in [2.45, 2.75) is 28.2 Å². The van der Waals surface area contributed by atoms with E-state index in [2.05, 4.69) is 24.3 Å². The molecule has 3 aromatic rings. The Morgan fingerprint density at radius 3 is 2.41 bits per heavy atom. The summed E-state index contributed by atoms with van der Waals surface area (Å²) < 4.78 is 11.5. The number of carbonyl (C=O) groups excluding carboxylic acids is 1. The SMILES string of the molecule is COC1(c2cccc(Sc3ccc(N(C)C(=O)c4ccccc4)c(Cl)c3)c2)CCOCC1. The Morgan fingerprint density at radius 2 is 1.72 bits per heavy atom. The number of rotatable bonds is 6. The highest BCUT2D eigenvalue weighted by Crippen LogP contribution is 2.39. The first kappa shape index (κ1) is 22.9. The number of hydrogen-bond donors (Lipinski definition) is 0. The lowest BCUT2D eigenvalue weighted by Gasteiger charge is -2.36. The fourth-order valence-electron chi connectivity index (χ4n) is 4.00. The first-order valence-electron chi connectivity index (χ1n) is 10.6. The molecule has 6 heteroatoms. The molecule has 1 aliphatic rings. The number of ether oxygens (including phenoxy) is 2. The molecule has 0 radical (unpaired) electrons. The number of amides is 1. The van der Waals surface area contributed by atoms with Crippen LogP contribution in [0.5, 0.6) is 0 Å². The Bertz CT molecular complexity index is 1080. The van der Waals surface area contributed by atoms with Crippen LogP contribution < -0.4 is 4.90 Å². The molecular formula is C26H26ClNO3S. The smallest absolute Gasteiger partial charge is 0.258 e. The van der Waals surface area contributed by atoms with Crippen LogP contribution in [0.1, 0.15) is 28.8 Å². The summed E-state index contributed by atoms with van der Waals surface area (Å²) >= 11 is 8.22. The van der Waals surface area contributed by atoms with Crippen LogP contribution in [-0.2, 0) is 15.1 Å². The summed E-state index contributed by atoms with van der Waals surface area (Å²) in [7, 11) is 3.52. The second-order valence-corrected chi connectivity index (χ2v) is 9.34. The average Bonchev–Trinajstić information content (AvgIpc) is 2.84. The molecule has 0 saturated carbocycles. The van der Waals surface area contributed by atoms with Gasteiger partial charge in [-0.1, -0.05) is 53.7 Å². The number of methoxy groups -OCH3 is 1. The van der Waals surface area contributed by atoms with Crippen molar-refractivity contribution in [1.82, 2.24) is 0 Å². The average molecular weight is 468 g/mol. The van der Waals surface area contributed by atoms with Crippen molar-refractivity contribution in [1.29, 1.82) is 0 Å². The maximum absolute atomic E-state index is 12.8. The third-order valence-corrected chi connectivity index (χ3v) is 7.17. The molecule has 1 aliphatic heterocycles. The van der Waals surface area contributed by atoms with Crippen molar-refractivity contribution in [3.8, 4) is 0 Å². The third kappa shape index (κ3) is 4.86. The topological polar surface area (TPSA) is 38.8 Å². The highest BCUT2D eigenvalue weighted by Gasteiger charge is 2.34. The Hall–Kier alpha value is -2.31. The van der Waals surface area contributed by atoms with Crippen molar-refractivity contribution >= 4 is 35.0 Å². The van der Waals surface area contributed by atoms with E-state index in [1.807, 2.05) is 36.4 Å². The van der Waals surface area contributed by atoms with Gasteiger partial charge in [0.1, 0.15) is 0 Å². The number of carbonyl (C=O) groups is 1. The Kier molecular flexibility index (Phi) is 7.21. The molecule has 0 bridgehead atoms. The molecule has 1 fully saturated rings. The predicted molar refractivity (Wildman–Crippen MR) is 130 cm³/mol. The van der Waals surface area contributed by atoms with Gasteiger partial charge in [-0.25, -0.2) is 0 Å². The summed E-state index contributed by atoms with van der Waals surface area (Å²) in [6, 6.07) is 23.5. The highest BCUT2D eigenvalue weighted by molar-refractivity contribution is 7.99. The Labute approximate surface area is 198 Å². The van der Waals surface area contributed by atoms with Crippen molar-refractivity contribution in [2.24, 2.45) is 0 Å². The maximum atomic E-state index is 12.8. The van der Waals surface area contributed by atoms with E-state index in [4.69, 9.17) is 21.1 Å². The van der Waals surface area contributed by atoms with E-state index in [0.29, 0.717) is 29.5 Å². The summed E-state index contributed by atoms with van der Waals surface area (Å²) in [5.74, 6) is -0.0954. The van der Waals surface area contributed by atoms with Gasteiger partial charge < -0.3 is 14.4 Å². The largest absolute Gasteiger partial charge is 0.381 e. The van der Waals surface area contributed by atoms with Gasteiger partial charge in [-0.3, -0.25) is 4.79 Å². The number of halogens is 1. The molecule has 4 rings (SSSR count). The van der Waals surface area contributed by atoms with Gasteiger partial charge in [-0.15, -0.1) is 0 Å². The van der Waals surface area contributed by atoms with Gasteiger partial charge in [0.05, 0.1) is 16.3 Å². The van der Waals surface area contributed by atoms with E-state index in [1.54, 1.807) is 43.0 Å². The highest BCUT2D eigenvalue weighted by atomic mass is 35.5. The second kappa shape index (κ2) is 10.1. The van der Waals surface area contributed by atoms with Gasteiger partial charge in [0, 0.05) is 55.6 Å². The first-order chi connectivity index (χ1) is 15.5. The molecule has 1 amide bonds. The molecule has 0 unspecified atom stereocenters. The molecule has 3 aromatic carbocycles. The summed E-state index contributed by atoms with van der Waals surface area (Å²) in [6.45, 7) is 1.41. The lowest BCUT2D eigenvalue weighted by molar-refractivity contribution is -0.0948. The van der Waals surface area contributed by atoms with Crippen molar-refractivity contribution in [3.63, 3.8) is 0 Å². The van der Waals surface area contributed by atoms with Gasteiger partial charge >= 0.3 is 0 Å². The molecule has 0 N–H and O–H groups in total. The summed E-state index contributed by atoms with van der Waals surface area (Å²) in [5, 5.41) is 0.538. The molecule has 1 saturated heterocycles. The van der Waals surface area contributed by atoms with Crippen LogP contribution in [0.3, 0.4) is 0 Å². The third-order valence-electron chi connectivity index (χ3n) is 5.89. The van der Waals surface area contributed by atoms with E-state index in [9.17, 15) is 4.79 Å². The minimum Gasteiger partial charge on any atom is -0.381 e. The van der Waals surface area contributed by atoms with Crippen LogP contribution in [0.2, 0.25) is 5.02 Å². The van der Waals surface area contributed by atoms with E-state index < -0.39 is 0 Å². The van der Waals surface area contributed by atoms with Gasteiger partial charge in [-0.05, 0) is 48.0 Å². The number of nitrogens with zero attached hydrogens (tertiary/aromatic N) is 1. The number of hydrogen-bond acceptors (Lipinski definition) is 4. The number of anilines is 1. The molecule has 0 atom stereocenters. The fourth-order valence-corrected chi connectivity index (χ4v) is 5.29. The minimum absolute atomic E-state index is 0.0954. The zero-order chi connectivity index (χ0) is 22.6. The molecule has 4 nitrogen and oxygen atoms in total. The van der Waals surface area contributed by atoms with Crippen molar-refractivity contribution in [3.05, 3.63) is 88.9 Å². The second-order valence-electron chi connectivity index (χ2n) is 7.78. The summed E-state index contributed by atoms with van der Waals surface area (Å²) in [5.41, 5.74) is 2.18. The van der Waals surface area contributed by atoms with Crippen LogP contribution in [0.25, 0.3) is 0 Å². The van der Waals surface area contributed by atoms with Crippen molar-refractivity contribution < 1.29 is 14.3 Å². The fraction of sp³-hybridized carbons (Fsp3) is 0.269. The van der Waals surface area contributed by atoms with Crippen LogP contribution in [0.4, 0.5) is 5.69 Å². The maximum Gasteiger partial charge on any atom is 0.258 e. The van der Waals surface area contributed by atoms with Crippen LogP contribution in [0, 0.1) is 0 Å². The molecule has 0 aliphatic carbocycles. The molecule has 0 spiro atoms. The van der Waals surface area contributed by atoms with Gasteiger partial charge in [0.15, 0.2) is 0 Å². The summed E-state index contributed by atoms with van der Waals surface area (Å²) in [6.07, 6.45) is 1.69. The van der Waals surface area contributed by atoms with Gasteiger partial charge in [0.25, 0.3) is 5.91 Å². The molecule has 0 aromatic heterocycles. The predicted octanol–water partition coefficient (Wildman–Crippen LogP) is 6.42. The van der Waals surface area contributed by atoms with Crippen LogP contribution >= 0.6 is 23.4 Å². The van der Waals surface area contributed by atoms with E-state index >= 15 is 0 Å². The van der Waals surface area contributed by atoms with E-state index in [1.165, 1.54) is 5.56 Å². The monoisotopic (exact) mass is 467 g/mol. The Morgan fingerprint density at radius 1 is 1.00 bits per heavy atom. The molecule has 32 heavy (non-hydrogen) atoms. The zero-order valence-corrected chi connectivity index (χ0v) is 19.8. The molecule has 166 valence electrons. The molecular weight excluding hydrogens is 442 g/mol. The van der Waals surface area contributed by atoms with Crippen LogP contribution in [-0.4, -0.2) is 33.3 Å². The lowest BCUT2D eigenvalue weighted by Crippen LogP contribution is -2.35. The minimum atomic E-state index is -0.295. The Balaban J connectivity index is 1.52. The van der Waals surface area contributed by atoms with E-state index in [0.717, 1.165) is 22.6 Å². The summed E-state index contributed by atoms with van der Waals surface area (Å²) in [4.78, 5) is 16.5. The van der Waals surface area contributed by atoms with E-state index in [-0.39, 0.29) is 11.5 Å².